The Labute approximate surface area is 197 Å². The molecular formula is C24H25Cl2N5O. The number of aromatic nitrogens is 3. The second kappa shape index (κ2) is 7.87. The molecule has 166 valence electrons. The van der Waals surface area contributed by atoms with Crippen LogP contribution in [0, 0.1) is 13.8 Å². The van der Waals surface area contributed by atoms with Crippen LogP contribution in [0.1, 0.15) is 35.5 Å². The van der Waals surface area contributed by atoms with E-state index in [1.54, 1.807) is 18.2 Å². The van der Waals surface area contributed by atoms with Gasteiger partial charge in [0.2, 0.25) is 0 Å². The molecule has 1 aliphatic heterocycles. The predicted molar refractivity (Wildman–Crippen MR) is 128 cm³/mol. The zero-order valence-electron chi connectivity index (χ0n) is 18.1. The molecule has 0 amide bonds. The third-order valence-electron chi connectivity index (χ3n) is 7.09. The van der Waals surface area contributed by atoms with E-state index in [1.807, 2.05) is 26.1 Å². The minimum absolute atomic E-state index is 0.0725. The number of nitrogens with zero attached hydrogens (tertiary/aromatic N) is 4. The molecule has 32 heavy (non-hydrogen) atoms. The first-order valence-electron chi connectivity index (χ1n) is 10.8. The molecule has 5 rings (SSSR count). The number of pyridine rings is 1. The molecular weight excluding hydrogens is 445 g/mol. The molecule has 0 bridgehead atoms. The number of hydrogen-bond acceptors (Lipinski definition) is 5. The van der Waals surface area contributed by atoms with Gasteiger partial charge >= 0.3 is 0 Å². The van der Waals surface area contributed by atoms with E-state index in [0.29, 0.717) is 27.1 Å². The van der Waals surface area contributed by atoms with E-state index in [9.17, 15) is 4.79 Å². The molecule has 1 atom stereocenters. The zero-order valence-corrected chi connectivity index (χ0v) is 19.6. The van der Waals surface area contributed by atoms with Gasteiger partial charge in [-0.25, -0.2) is 4.98 Å². The van der Waals surface area contributed by atoms with Crippen molar-refractivity contribution in [1.82, 2.24) is 14.5 Å². The zero-order chi connectivity index (χ0) is 22.6. The molecule has 0 saturated carbocycles. The number of aryl methyl sites for hydroxylation is 1. The Hall–Kier alpha value is -2.41. The Morgan fingerprint density at radius 2 is 1.88 bits per heavy atom. The molecule has 0 radical (unpaired) electrons. The molecule has 3 heterocycles. The van der Waals surface area contributed by atoms with Crippen LogP contribution in [0.5, 0.6) is 0 Å². The highest BCUT2D eigenvalue weighted by atomic mass is 35.5. The number of hydrogen-bond donors (Lipinski definition) is 1. The Kier molecular flexibility index (Phi) is 5.27. The second-order valence-corrected chi connectivity index (χ2v) is 9.57. The van der Waals surface area contributed by atoms with Gasteiger partial charge in [0.05, 0.1) is 27.0 Å². The van der Waals surface area contributed by atoms with Gasteiger partial charge in [-0.15, -0.1) is 0 Å². The van der Waals surface area contributed by atoms with E-state index >= 15 is 0 Å². The van der Waals surface area contributed by atoms with E-state index in [2.05, 4.69) is 11.0 Å². The lowest BCUT2D eigenvalue weighted by atomic mass is 9.73. The van der Waals surface area contributed by atoms with Crippen molar-refractivity contribution in [1.29, 1.82) is 0 Å². The summed E-state index contributed by atoms with van der Waals surface area (Å²) in [6.45, 7) is 5.19. The van der Waals surface area contributed by atoms with Crippen LogP contribution in [-0.2, 0) is 11.8 Å². The van der Waals surface area contributed by atoms with E-state index in [-0.39, 0.29) is 17.0 Å². The summed E-state index contributed by atoms with van der Waals surface area (Å²) >= 11 is 12.6. The molecule has 1 fully saturated rings. The van der Waals surface area contributed by atoms with E-state index in [4.69, 9.17) is 38.9 Å². The van der Waals surface area contributed by atoms with Crippen LogP contribution in [-0.4, -0.2) is 33.7 Å². The average Bonchev–Trinajstić information content (AvgIpc) is 3.05. The first kappa shape index (κ1) is 21.4. The second-order valence-electron chi connectivity index (χ2n) is 8.79. The van der Waals surface area contributed by atoms with Gasteiger partial charge in [0.15, 0.2) is 0 Å². The average molecular weight is 470 g/mol. The summed E-state index contributed by atoms with van der Waals surface area (Å²) in [7, 11) is 0. The molecule has 8 heteroatoms. The summed E-state index contributed by atoms with van der Waals surface area (Å²) in [6.07, 6.45) is 4.51. The number of halogens is 2. The Morgan fingerprint density at radius 1 is 1.12 bits per heavy atom. The SMILES string of the molecule is Cc1c(N2CCC3(CC2)c2ncccc2C[C@H]3N)nc(C)n(-c2cccc(Cl)c2Cl)c1=O. The summed E-state index contributed by atoms with van der Waals surface area (Å²) in [5.74, 6) is 1.30. The molecule has 6 nitrogen and oxygen atoms in total. The van der Waals surface area contributed by atoms with Crippen molar-refractivity contribution in [3.05, 3.63) is 79.6 Å². The van der Waals surface area contributed by atoms with Crippen molar-refractivity contribution < 1.29 is 0 Å². The summed E-state index contributed by atoms with van der Waals surface area (Å²) in [4.78, 5) is 25.1. The van der Waals surface area contributed by atoms with Crippen molar-refractivity contribution in [3.8, 4) is 5.69 Å². The van der Waals surface area contributed by atoms with Gasteiger partial charge in [0, 0.05) is 30.7 Å². The molecule has 3 aromatic rings. The van der Waals surface area contributed by atoms with Gasteiger partial charge in [-0.05, 0) is 56.9 Å². The van der Waals surface area contributed by atoms with Crippen LogP contribution in [0.2, 0.25) is 10.0 Å². The molecule has 1 aromatic carbocycles. The first-order valence-corrected chi connectivity index (χ1v) is 11.6. The molecule has 1 saturated heterocycles. The molecule has 2 N–H and O–H groups in total. The quantitative estimate of drug-likeness (QED) is 0.614. The number of piperidine rings is 1. The summed E-state index contributed by atoms with van der Waals surface area (Å²) in [5.41, 5.74) is 9.93. The van der Waals surface area contributed by atoms with Gasteiger partial charge in [0.25, 0.3) is 5.56 Å². The Balaban J connectivity index is 1.48. The molecule has 2 aromatic heterocycles. The fraction of sp³-hybridized carbons (Fsp3) is 0.375. The smallest absolute Gasteiger partial charge is 0.263 e. The molecule has 0 unspecified atom stereocenters. The number of benzene rings is 1. The lowest BCUT2D eigenvalue weighted by Crippen LogP contribution is -2.51. The molecule has 2 aliphatic rings. The van der Waals surface area contributed by atoms with Gasteiger partial charge < -0.3 is 10.6 Å². The third-order valence-corrected chi connectivity index (χ3v) is 7.90. The minimum Gasteiger partial charge on any atom is -0.356 e. The number of rotatable bonds is 2. The van der Waals surface area contributed by atoms with Crippen LogP contribution in [0.4, 0.5) is 5.82 Å². The normalized spacial score (nSPS) is 19.4. The van der Waals surface area contributed by atoms with Gasteiger partial charge in [-0.1, -0.05) is 35.3 Å². The standard InChI is InChI=1S/C24H25Cl2N5O/c1-14-22(29-15(2)31(23(14)32)18-7-3-6-17(25)20(18)26)30-11-8-24(9-12-30)19(27)13-16-5-4-10-28-21(16)24/h3-7,10,19H,8-9,11-13,27H2,1-2H3/t19-/m1/s1. The van der Waals surface area contributed by atoms with Crippen molar-refractivity contribution >= 4 is 29.0 Å². The maximum atomic E-state index is 13.3. The van der Waals surface area contributed by atoms with Crippen molar-refractivity contribution in [2.75, 3.05) is 18.0 Å². The molecule has 1 spiro atoms. The van der Waals surface area contributed by atoms with Gasteiger partial charge in [0.1, 0.15) is 11.6 Å². The largest absolute Gasteiger partial charge is 0.356 e. The van der Waals surface area contributed by atoms with Crippen LogP contribution >= 0.6 is 23.2 Å². The highest BCUT2D eigenvalue weighted by molar-refractivity contribution is 6.43. The van der Waals surface area contributed by atoms with Crippen LogP contribution in [0.15, 0.2) is 41.3 Å². The van der Waals surface area contributed by atoms with Crippen LogP contribution in [0.25, 0.3) is 5.69 Å². The Morgan fingerprint density at radius 3 is 2.62 bits per heavy atom. The van der Waals surface area contributed by atoms with Crippen molar-refractivity contribution in [2.45, 2.75) is 44.6 Å². The topological polar surface area (TPSA) is 77.0 Å². The number of nitrogens with two attached hydrogens (primary N) is 1. The van der Waals surface area contributed by atoms with Crippen LogP contribution < -0.4 is 16.2 Å². The van der Waals surface area contributed by atoms with Crippen LogP contribution in [0.3, 0.4) is 0 Å². The highest BCUT2D eigenvalue weighted by Gasteiger charge is 2.48. The number of fused-ring (bicyclic) bond motifs is 2. The maximum Gasteiger partial charge on any atom is 0.263 e. The molecule has 1 aliphatic carbocycles. The summed E-state index contributed by atoms with van der Waals surface area (Å²) in [6, 6.07) is 9.45. The monoisotopic (exact) mass is 469 g/mol. The van der Waals surface area contributed by atoms with E-state index < -0.39 is 0 Å². The Bertz CT molecular complexity index is 1260. The van der Waals surface area contributed by atoms with E-state index in [0.717, 1.165) is 43.9 Å². The first-order chi connectivity index (χ1) is 15.3. The van der Waals surface area contributed by atoms with Gasteiger partial charge in [-0.3, -0.25) is 14.3 Å². The fourth-order valence-corrected chi connectivity index (χ4v) is 5.72. The van der Waals surface area contributed by atoms with Crippen molar-refractivity contribution in [2.24, 2.45) is 5.73 Å². The number of anilines is 1. The van der Waals surface area contributed by atoms with Crippen molar-refractivity contribution in [3.63, 3.8) is 0 Å². The lowest BCUT2D eigenvalue weighted by Gasteiger charge is -2.42. The highest BCUT2D eigenvalue weighted by Crippen LogP contribution is 2.45. The van der Waals surface area contributed by atoms with E-state index in [1.165, 1.54) is 10.1 Å². The summed E-state index contributed by atoms with van der Waals surface area (Å²) < 4.78 is 1.53. The fourth-order valence-electron chi connectivity index (χ4n) is 5.34. The summed E-state index contributed by atoms with van der Waals surface area (Å²) in [5, 5.41) is 0.745. The minimum atomic E-state index is -0.137. The van der Waals surface area contributed by atoms with Gasteiger partial charge in [-0.2, -0.15) is 0 Å². The maximum absolute atomic E-state index is 13.3. The third kappa shape index (κ3) is 3.16. The lowest BCUT2D eigenvalue weighted by molar-refractivity contribution is 0.285. The predicted octanol–water partition coefficient (Wildman–Crippen LogP) is 3.97.